The number of nitrogens with one attached hydrogen (secondary N) is 2. The number of hydrogen-bond acceptors (Lipinski definition) is 2. The van der Waals surface area contributed by atoms with Gasteiger partial charge in [-0.05, 0) is 35.9 Å². The van der Waals surface area contributed by atoms with Crippen molar-refractivity contribution in [2.45, 2.75) is 6.92 Å². The number of carbonyl (C=O) groups is 2. The molecule has 0 aromatic heterocycles. The Balaban J connectivity index is 2.04. The third kappa shape index (κ3) is 5.23. The van der Waals surface area contributed by atoms with Crippen LogP contribution in [0.1, 0.15) is 12.5 Å². The molecule has 0 aliphatic rings. The first-order chi connectivity index (χ1) is 11.0. The van der Waals surface area contributed by atoms with E-state index in [0.717, 1.165) is 10.0 Å². The predicted octanol–water partition coefficient (Wildman–Crippen LogP) is 4.71. The number of rotatable bonds is 4. The van der Waals surface area contributed by atoms with E-state index in [4.69, 9.17) is 11.6 Å². The monoisotopic (exact) mass is 392 g/mol. The summed E-state index contributed by atoms with van der Waals surface area (Å²) in [6.07, 6.45) is 3.16. The van der Waals surface area contributed by atoms with Crippen molar-refractivity contribution in [2.75, 3.05) is 10.6 Å². The summed E-state index contributed by atoms with van der Waals surface area (Å²) in [6, 6.07) is 12.5. The molecular weight excluding hydrogens is 380 g/mol. The van der Waals surface area contributed by atoms with Gasteiger partial charge in [0.1, 0.15) is 0 Å². The summed E-state index contributed by atoms with van der Waals surface area (Å²) in [7, 11) is 0. The lowest BCUT2D eigenvalue weighted by atomic mass is 10.2. The molecule has 4 nitrogen and oxygen atoms in total. The molecule has 0 saturated carbocycles. The Bertz CT molecular complexity index is 775. The Hall–Kier alpha value is -2.11. The fourth-order valence-corrected chi connectivity index (χ4v) is 2.49. The van der Waals surface area contributed by atoms with Crippen LogP contribution < -0.4 is 10.6 Å². The summed E-state index contributed by atoms with van der Waals surface area (Å²) in [5, 5.41) is 5.67. The van der Waals surface area contributed by atoms with Crippen LogP contribution in [0.25, 0.3) is 6.08 Å². The molecule has 2 N–H and O–H groups in total. The molecule has 0 saturated heterocycles. The van der Waals surface area contributed by atoms with E-state index < -0.39 is 0 Å². The number of carbonyl (C=O) groups excluding carboxylic acids is 2. The van der Waals surface area contributed by atoms with E-state index in [1.165, 1.54) is 13.0 Å². The second-order valence-electron chi connectivity index (χ2n) is 4.72. The Morgan fingerprint density at radius 1 is 1.13 bits per heavy atom. The number of anilines is 2. The molecule has 2 rings (SSSR count). The van der Waals surface area contributed by atoms with Crippen molar-refractivity contribution >= 4 is 56.8 Å². The van der Waals surface area contributed by atoms with Crippen LogP contribution in [0.3, 0.4) is 0 Å². The smallest absolute Gasteiger partial charge is 0.248 e. The van der Waals surface area contributed by atoms with Crippen LogP contribution >= 0.6 is 27.5 Å². The molecule has 0 unspecified atom stereocenters. The maximum absolute atomic E-state index is 11.9. The van der Waals surface area contributed by atoms with E-state index in [0.29, 0.717) is 16.4 Å². The molecular formula is C17H14BrClN2O2. The number of amides is 2. The van der Waals surface area contributed by atoms with Crippen LogP contribution in [-0.4, -0.2) is 11.8 Å². The van der Waals surface area contributed by atoms with Gasteiger partial charge in [-0.1, -0.05) is 45.7 Å². The molecule has 0 heterocycles. The van der Waals surface area contributed by atoms with Crippen molar-refractivity contribution in [1.29, 1.82) is 0 Å². The summed E-state index contributed by atoms with van der Waals surface area (Å²) < 4.78 is 0.909. The average Bonchev–Trinajstić information content (AvgIpc) is 2.49. The largest absolute Gasteiger partial charge is 0.325 e. The SMILES string of the molecule is CC(=O)Nc1ccc(NC(=O)/C=C/c2ccccc2Br)cc1Cl. The van der Waals surface area contributed by atoms with Gasteiger partial charge in [-0.15, -0.1) is 0 Å². The first-order valence-electron chi connectivity index (χ1n) is 6.76. The zero-order chi connectivity index (χ0) is 16.8. The number of halogens is 2. The summed E-state index contributed by atoms with van der Waals surface area (Å²) in [6.45, 7) is 1.40. The molecule has 0 radical (unpaired) electrons. The first kappa shape index (κ1) is 17.2. The summed E-state index contributed by atoms with van der Waals surface area (Å²) in [4.78, 5) is 23.0. The van der Waals surface area contributed by atoms with Crippen LogP contribution in [0, 0.1) is 0 Å². The van der Waals surface area contributed by atoms with E-state index >= 15 is 0 Å². The highest BCUT2D eigenvalue weighted by molar-refractivity contribution is 9.10. The molecule has 2 aromatic carbocycles. The normalized spacial score (nSPS) is 10.6. The highest BCUT2D eigenvalue weighted by Crippen LogP contribution is 2.25. The van der Waals surface area contributed by atoms with Gasteiger partial charge in [0, 0.05) is 23.2 Å². The van der Waals surface area contributed by atoms with Crippen molar-refractivity contribution in [2.24, 2.45) is 0 Å². The van der Waals surface area contributed by atoms with Gasteiger partial charge in [0.2, 0.25) is 11.8 Å². The van der Waals surface area contributed by atoms with E-state index in [2.05, 4.69) is 26.6 Å². The quantitative estimate of drug-likeness (QED) is 0.739. The minimum atomic E-state index is -0.274. The molecule has 0 bridgehead atoms. The molecule has 2 aromatic rings. The molecule has 0 fully saturated rings. The Kier molecular flexibility index (Phi) is 5.96. The third-order valence-electron chi connectivity index (χ3n) is 2.87. The molecule has 23 heavy (non-hydrogen) atoms. The zero-order valence-electron chi connectivity index (χ0n) is 12.3. The van der Waals surface area contributed by atoms with Gasteiger partial charge in [0.15, 0.2) is 0 Å². The van der Waals surface area contributed by atoms with Gasteiger partial charge in [-0.2, -0.15) is 0 Å². The molecule has 2 amide bonds. The number of hydrogen-bond donors (Lipinski definition) is 2. The standard InChI is InChI=1S/C17H14BrClN2O2/c1-11(22)20-16-8-7-13(10-15(16)19)21-17(23)9-6-12-4-2-3-5-14(12)18/h2-10H,1H3,(H,20,22)(H,21,23)/b9-6+. The van der Waals surface area contributed by atoms with Crippen LogP contribution in [-0.2, 0) is 9.59 Å². The van der Waals surface area contributed by atoms with Gasteiger partial charge in [0.25, 0.3) is 0 Å². The lowest BCUT2D eigenvalue weighted by molar-refractivity contribution is -0.114. The van der Waals surface area contributed by atoms with E-state index in [9.17, 15) is 9.59 Å². The van der Waals surface area contributed by atoms with Crippen LogP contribution in [0.2, 0.25) is 5.02 Å². The predicted molar refractivity (Wildman–Crippen MR) is 97.6 cm³/mol. The van der Waals surface area contributed by atoms with Crippen LogP contribution in [0.15, 0.2) is 53.0 Å². The van der Waals surface area contributed by atoms with Crippen molar-refractivity contribution in [1.82, 2.24) is 0 Å². The molecule has 118 valence electrons. The van der Waals surface area contributed by atoms with Crippen molar-refractivity contribution in [3.63, 3.8) is 0 Å². The first-order valence-corrected chi connectivity index (χ1v) is 7.93. The molecule has 0 aliphatic carbocycles. The number of benzene rings is 2. The summed E-state index contributed by atoms with van der Waals surface area (Å²) in [5.74, 6) is -0.482. The minimum absolute atomic E-state index is 0.208. The topological polar surface area (TPSA) is 58.2 Å². The van der Waals surface area contributed by atoms with Crippen molar-refractivity contribution in [3.05, 3.63) is 63.6 Å². The van der Waals surface area contributed by atoms with Gasteiger partial charge in [-0.25, -0.2) is 0 Å². The zero-order valence-corrected chi connectivity index (χ0v) is 14.6. The molecule has 0 aliphatic heterocycles. The van der Waals surface area contributed by atoms with Gasteiger partial charge in [0.05, 0.1) is 10.7 Å². The van der Waals surface area contributed by atoms with E-state index in [-0.39, 0.29) is 11.8 Å². The highest BCUT2D eigenvalue weighted by Gasteiger charge is 2.05. The molecule has 0 spiro atoms. The minimum Gasteiger partial charge on any atom is -0.325 e. The molecule has 6 heteroatoms. The van der Waals surface area contributed by atoms with Gasteiger partial charge >= 0.3 is 0 Å². The second kappa shape index (κ2) is 7.94. The maximum Gasteiger partial charge on any atom is 0.248 e. The van der Waals surface area contributed by atoms with Crippen LogP contribution in [0.4, 0.5) is 11.4 Å². The fourth-order valence-electron chi connectivity index (χ4n) is 1.84. The Morgan fingerprint density at radius 3 is 2.52 bits per heavy atom. The Labute approximate surface area is 147 Å². The molecule has 0 atom stereocenters. The van der Waals surface area contributed by atoms with Crippen molar-refractivity contribution in [3.8, 4) is 0 Å². The second-order valence-corrected chi connectivity index (χ2v) is 5.98. The lowest BCUT2D eigenvalue weighted by Crippen LogP contribution is -2.09. The van der Waals surface area contributed by atoms with E-state index in [1.54, 1.807) is 24.3 Å². The maximum atomic E-state index is 11.9. The van der Waals surface area contributed by atoms with E-state index in [1.807, 2.05) is 24.3 Å². The van der Waals surface area contributed by atoms with Gasteiger partial charge < -0.3 is 10.6 Å². The Morgan fingerprint density at radius 2 is 1.87 bits per heavy atom. The highest BCUT2D eigenvalue weighted by atomic mass is 79.9. The fraction of sp³-hybridized carbons (Fsp3) is 0.0588. The third-order valence-corrected chi connectivity index (χ3v) is 3.90. The van der Waals surface area contributed by atoms with Crippen molar-refractivity contribution < 1.29 is 9.59 Å². The average molecular weight is 394 g/mol. The van der Waals surface area contributed by atoms with Gasteiger partial charge in [-0.3, -0.25) is 9.59 Å². The summed E-state index contributed by atoms with van der Waals surface area (Å²) in [5.41, 5.74) is 1.95. The summed E-state index contributed by atoms with van der Waals surface area (Å²) >= 11 is 9.48. The lowest BCUT2D eigenvalue weighted by Gasteiger charge is -2.08. The van der Waals surface area contributed by atoms with Crippen LogP contribution in [0.5, 0.6) is 0 Å².